The van der Waals surface area contributed by atoms with E-state index in [1.807, 2.05) is 38.1 Å². The fourth-order valence-corrected chi connectivity index (χ4v) is 3.84. The lowest BCUT2D eigenvalue weighted by Gasteiger charge is -2.34. The minimum absolute atomic E-state index is 0.104. The van der Waals surface area contributed by atoms with Gasteiger partial charge in [-0.1, -0.05) is 37.5 Å². The van der Waals surface area contributed by atoms with Crippen LogP contribution < -0.4 is 10.1 Å². The number of benzene rings is 1. The number of para-hydroxylation sites is 1. The number of nitrogens with zero attached hydrogens (tertiary/aromatic N) is 1. The van der Waals surface area contributed by atoms with Crippen molar-refractivity contribution in [3.63, 3.8) is 0 Å². The molecule has 0 radical (unpaired) electrons. The zero-order valence-electron chi connectivity index (χ0n) is 14.5. The second-order valence-corrected chi connectivity index (χ2v) is 7.04. The summed E-state index contributed by atoms with van der Waals surface area (Å²) in [5.74, 6) is 0.928. The molecule has 130 valence electrons. The summed E-state index contributed by atoms with van der Waals surface area (Å²) in [6, 6.07) is 7.45. The average molecular weight is 330 g/mol. The Hall–Kier alpha value is -2.04. The van der Waals surface area contributed by atoms with E-state index in [1.54, 1.807) is 0 Å². The van der Waals surface area contributed by atoms with Gasteiger partial charge >= 0.3 is 6.03 Å². The number of imide groups is 1. The minimum Gasteiger partial charge on any atom is -0.491 e. The molecule has 24 heavy (non-hydrogen) atoms. The van der Waals surface area contributed by atoms with Gasteiger partial charge in [-0.3, -0.25) is 9.69 Å². The predicted octanol–water partition coefficient (Wildman–Crippen LogP) is 3.26. The Kier molecular flexibility index (Phi) is 4.78. The van der Waals surface area contributed by atoms with Crippen molar-refractivity contribution in [1.29, 1.82) is 0 Å². The molecule has 0 spiro atoms. The van der Waals surface area contributed by atoms with Crippen molar-refractivity contribution in [3.8, 4) is 5.75 Å². The van der Waals surface area contributed by atoms with Crippen LogP contribution >= 0.6 is 0 Å². The van der Waals surface area contributed by atoms with E-state index < -0.39 is 5.54 Å². The summed E-state index contributed by atoms with van der Waals surface area (Å²) in [5.41, 5.74) is 0.293. The minimum atomic E-state index is -0.750. The number of hydrogen-bond donors (Lipinski definition) is 1. The number of carbonyl (C=O) groups is 2. The Morgan fingerprint density at radius 3 is 2.62 bits per heavy atom. The van der Waals surface area contributed by atoms with Gasteiger partial charge in [0.05, 0.1) is 6.54 Å². The van der Waals surface area contributed by atoms with Gasteiger partial charge in [0.1, 0.15) is 17.9 Å². The van der Waals surface area contributed by atoms with Crippen LogP contribution in [0.3, 0.4) is 0 Å². The number of nitrogens with one attached hydrogen (secondary N) is 1. The second-order valence-electron chi connectivity index (χ2n) is 7.04. The van der Waals surface area contributed by atoms with Crippen molar-refractivity contribution in [1.82, 2.24) is 10.2 Å². The van der Waals surface area contributed by atoms with Gasteiger partial charge in [-0.05, 0) is 44.2 Å². The van der Waals surface area contributed by atoms with Crippen LogP contribution in [-0.2, 0) is 4.79 Å². The van der Waals surface area contributed by atoms with Gasteiger partial charge in [0.15, 0.2) is 0 Å². The standard InChI is InChI=1S/C19H26N2O3/c1-14-8-6-7-11-16(14)24-13-12-21-17(22)19(2,20-18(21)23)15-9-4-3-5-10-15/h6-8,11,15H,3-5,9-10,12-13H2,1-2H3,(H,20,23)/t19-/m0/s1. The van der Waals surface area contributed by atoms with E-state index in [9.17, 15) is 9.59 Å². The summed E-state index contributed by atoms with van der Waals surface area (Å²) in [5, 5.41) is 2.94. The maximum Gasteiger partial charge on any atom is 0.325 e. The highest BCUT2D eigenvalue weighted by Crippen LogP contribution is 2.36. The van der Waals surface area contributed by atoms with Gasteiger partial charge in [0.25, 0.3) is 5.91 Å². The monoisotopic (exact) mass is 330 g/mol. The topological polar surface area (TPSA) is 58.6 Å². The molecule has 1 aliphatic heterocycles. The summed E-state index contributed by atoms with van der Waals surface area (Å²) >= 11 is 0. The molecule has 1 atom stereocenters. The van der Waals surface area contributed by atoms with Crippen LogP contribution in [0.5, 0.6) is 5.75 Å². The molecular weight excluding hydrogens is 304 g/mol. The molecule has 3 amide bonds. The number of amides is 3. The first kappa shape index (κ1) is 16.8. The molecular formula is C19H26N2O3. The first-order valence-electron chi connectivity index (χ1n) is 8.85. The smallest absolute Gasteiger partial charge is 0.325 e. The van der Waals surface area contributed by atoms with Crippen LogP contribution in [0.1, 0.15) is 44.6 Å². The SMILES string of the molecule is Cc1ccccc1OCCN1C(=O)N[C@@](C)(C2CCCCC2)C1=O. The molecule has 2 fully saturated rings. The Balaban J connectivity index is 1.61. The van der Waals surface area contributed by atoms with Gasteiger partial charge in [0, 0.05) is 0 Å². The third kappa shape index (κ3) is 3.12. The largest absolute Gasteiger partial charge is 0.491 e. The summed E-state index contributed by atoms with van der Waals surface area (Å²) in [6.07, 6.45) is 5.52. The highest BCUT2D eigenvalue weighted by atomic mass is 16.5. The van der Waals surface area contributed by atoms with Crippen molar-refractivity contribution in [2.45, 2.75) is 51.5 Å². The van der Waals surface area contributed by atoms with Crippen molar-refractivity contribution in [3.05, 3.63) is 29.8 Å². The van der Waals surface area contributed by atoms with Gasteiger partial charge < -0.3 is 10.1 Å². The van der Waals surface area contributed by atoms with Crippen LogP contribution in [0.15, 0.2) is 24.3 Å². The summed E-state index contributed by atoms with van der Waals surface area (Å²) in [4.78, 5) is 26.4. The van der Waals surface area contributed by atoms with E-state index in [0.717, 1.165) is 37.0 Å². The number of urea groups is 1. The molecule has 1 aliphatic carbocycles. The molecule has 1 aromatic carbocycles. The molecule has 0 bridgehead atoms. The first-order chi connectivity index (χ1) is 11.5. The van der Waals surface area contributed by atoms with Gasteiger partial charge in [-0.15, -0.1) is 0 Å². The first-order valence-corrected chi connectivity index (χ1v) is 8.85. The molecule has 1 heterocycles. The van der Waals surface area contributed by atoms with Crippen molar-refractivity contribution in [2.75, 3.05) is 13.2 Å². The molecule has 5 heteroatoms. The lowest BCUT2D eigenvalue weighted by atomic mass is 9.75. The highest BCUT2D eigenvalue weighted by Gasteiger charge is 2.52. The van der Waals surface area contributed by atoms with Gasteiger partial charge in [-0.2, -0.15) is 0 Å². The zero-order valence-corrected chi connectivity index (χ0v) is 14.5. The number of aryl methyl sites for hydroxylation is 1. The molecule has 0 aromatic heterocycles. The maximum absolute atomic E-state index is 12.8. The molecule has 1 saturated carbocycles. The lowest BCUT2D eigenvalue weighted by Crippen LogP contribution is -2.51. The number of ether oxygens (including phenoxy) is 1. The van der Waals surface area contributed by atoms with Gasteiger partial charge in [0.2, 0.25) is 0 Å². The molecule has 3 rings (SSSR count). The predicted molar refractivity (Wildman–Crippen MR) is 91.9 cm³/mol. The normalized spacial score (nSPS) is 25.0. The molecule has 1 saturated heterocycles. The van der Waals surface area contributed by atoms with E-state index >= 15 is 0 Å². The number of rotatable bonds is 5. The van der Waals surface area contributed by atoms with E-state index in [2.05, 4.69) is 5.32 Å². The van der Waals surface area contributed by atoms with E-state index in [0.29, 0.717) is 6.61 Å². The number of carbonyl (C=O) groups excluding carboxylic acids is 2. The highest BCUT2D eigenvalue weighted by molar-refractivity contribution is 6.07. The molecule has 1 N–H and O–H groups in total. The van der Waals surface area contributed by atoms with Crippen molar-refractivity contribution in [2.24, 2.45) is 5.92 Å². The summed E-state index contributed by atoms with van der Waals surface area (Å²) in [7, 11) is 0. The summed E-state index contributed by atoms with van der Waals surface area (Å²) in [6.45, 7) is 4.45. The quantitative estimate of drug-likeness (QED) is 0.843. The Morgan fingerprint density at radius 2 is 1.92 bits per heavy atom. The van der Waals surface area contributed by atoms with Crippen molar-refractivity contribution >= 4 is 11.9 Å². The van der Waals surface area contributed by atoms with Crippen LogP contribution in [0.2, 0.25) is 0 Å². The zero-order chi connectivity index (χ0) is 17.2. The third-order valence-electron chi connectivity index (χ3n) is 5.39. The molecule has 0 unspecified atom stereocenters. The fraction of sp³-hybridized carbons (Fsp3) is 0.579. The fourth-order valence-electron chi connectivity index (χ4n) is 3.84. The average Bonchev–Trinajstić information content (AvgIpc) is 2.81. The van der Waals surface area contributed by atoms with Gasteiger partial charge in [-0.25, -0.2) is 4.79 Å². The van der Waals surface area contributed by atoms with Crippen LogP contribution in [-0.4, -0.2) is 35.5 Å². The van der Waals surface area contributed by atoms with E-state index in [1.165, 1.54) is 11.3 Å². The number of hydrogen-bond acceptors (Lipinski definition) is 3. The Labute approximate surface area is 143 Å². The second kappa shape index (κ2) is 6.83. The molecule has 2 aliphatic rings. The van der Waals surface area contributed by atoms with Crippen molar-refractivity contribution < 1.29 is 14.3 Å². The van der Waals surface area contributed by atoms with Crippen LogP contribution in [0, 0.1) is 12.8 Å². The maximum atomic E-state index is 12.8. The van der Waals surface area contributed by atoms with E-state index in [4.69, 9.17) is 4.74 Å². The molecule has 5 nitrogen and oxygen atoms in total. The lowest BCUT2D eigenvalue weighted by molar-refractivity contribution is -0.133. The Bertz CT molecular complexity index is 625. The summed E-state index contributed by atoms with van der Waals surface area (Å²) < 4.78 is 5.74. The Morgan fingerprint density at radius 1 is 1.21 bits per heavy atom. The van der Waals surface area contributed by atoms with E-state index in [-0.39, 0.29) is 24.4 Å². The van der Waals surface area contributed by atoms with Crippen LogP contribution in [0.25, 0.3) is 0 Å². The third-order valence-corrected chi connectivity index (χ3v) is 5.39. The molecule has 1 aromatic rings. The van der Waals surface area contributed by atoms with Crippen LogP contribution in [0.4, 0.5) is 4.79 Å².